The number of pyridine rings is 1. The Balaban J connectivity index is 1.67. The van der Waals surface area contributed by atoms with E-state index in [4.69, 9.17) is 11.6 Å². The monoisotopic (exact) mass is 369 g/mol. The summed E-state index contributed by atoms with van der Waals surface area (Å²) >= 11 is 5.77. The van der Waals surface area contributed by atoms with Crippen molar-refractivity contribution in [3.63, 3.8) is 0 Å². The van der Waals surface area contributed by atoms with E-state index in [9.17, 15) is 9.18 Å². The van der Waals surface area contributed by atoms with Gasteiger partial charge in [-0.05, 0) is 42.8 Å². The number of halogens is 2. The van der Waals surface area contributed by atoms with Crippen LogP contribution in [0.15, 0.2) is 60.8 Å². The Morgan fingerprint density at radius 2 is 2.00 bits per heavy atom. The highest BCUT2D eigenvalue weighted by Gasteiger charge is 2.08. The molecule has 0 saturated heterocycles. The van der Waals surface area contributed by atoms with E-state index < -0.39 is 5.82 Å². The molecule has 3 aromatic rings. The Morgan fingerprint density at radius 3 is 2.77 bits per heavy atom. The molecule has 0 aliphatic carbocycles. The lowest BCUT2D eigenvalue weighted by Gasteiger charge is -2.09. The minimum absolute atomic E-state index is 0.0158. The second-order valence-corrected chi connectivity index (χ2v) is 6.26. The molecule has 1 aromatic heterocycles. The zero-order valence-electron chi connectivity index (χ0n) is 14.1. The molecule has 3 rings (SSSR count). The van der Waals surface area contributed by atoms with Gasteiger partial charge in [0.05, 0.1) is 5.02 Å². The number of aromatic nitrogens is 1. The van der Waals surface area contributed by atoms with Gasteiger partial charge in [0.2, 0.25) is 0 Å². The molecule has 0 unspecified atom stereocenters. The molecule has 2 aromatic carbocycles. The second-order valence-electron chi connectivity index (χ2n) is 5.86. The minimum atomic E-state index is -0.491. The molecule has 0 aliphatic rings. The van der Waals surface area contributed by atoms with E-state index in [0.717, 1.165) is 11.1 Å². The largest absolute Gasteiger partial charge is 0.348 e. The van der Waals surface area contributed by atoms with Gasteiger partial charge in [-0.15, -0.1) is 0 Å². The maximum atomic E-state index is 13.2. The molecule has 0 aliphatic heterocycles. The molecule has 1 heterocycles. The summed E-state index contributed by atoms with van der Waals surface area (Å²) in [5.74, 6) is -0.223. The highest BCUT2D eigenvalue weighted by molar-refractivity contribution is 6.31. The highest BCUT2D eigenvalue weighted by atomic mass is 35.5. The first-order chi connectivity index (χ1) is 12.5. The van der Waals surface area contributed by atoms with Crippen LogP contribution >= 0.6 is 11.6 Å². The normalized spacial score (nSPS) is 10.4. The van der Waals surface area contributed by atoms with E-state index in [1.165, 1.54) is 18.3 Å². The number of aryl methyl sites for hydroxylation is 1. The van der Waals surface area contributed by atoms with Gasteiger partial charge in [0.1, 0.15) is 11.6 Å². The molecule has 132 valence electrons. The fourth-order valence-corrected chi connectivity index (χ4v) is 2.65. The van der Waals surface area contributed by atoms with Gasteiger partial charge in [0.25, 0.3) is 5.91 Å². The number of nitrogens with one attached hydrogen (secondary N) is 2. The number of rotatable bonds is 5. The van der Waals surface area contributed by atoms with Crippen molar-refractivity contribution >= 4 is 29.0 Å². The Bertz CT molecular complexity index is 946. The van der Waals surface area contributed by atoms with Crippen LogP contribution in [0.2, 0.25) is 5.02 Å². The highest BCUT2D eigenvalue weighted by Crippen LogP contribution is 2.22. The molecule has 1 amide bonds. The molecular formula is C20H17ClFN3O. The molecule has 2 N–H and O–H groups in total. The molecule has 0 atom stereocenters. The summed E-state index contributed by atoms with van der Waals surface area (Å²) in [5.41, 5.74) is 3.24. The minimum Gasteiger partial charge on any atom is -0.348 e. The lowest BCUT2D eigenvalue weighted by atomic mass is 10.1. The van der Waals surface area contributed by atoms with Crippen LogP contribution in [0.4, 0.5) is 15.9 Å². The second kappa shape index (κ2) is 7.97. The summed E-state index contributed by atoms with van der Waals surface area (Å²) in [4.78, 5) is 16.5. The van der Waals surface area contributed by atoms with Gasteiger partial charge in [0.15, 0.2) is 0 Å². The predicted octanol–water partition coefficient (Wildman–Crippen LogP) is 4.86. The number of carbonyl (C=O) groups is 1. The number of hydrogen-bond acceptors (Lipinski definition) is 3. The van der Waals surface area contributed by atoms with Crippen molar-refractivity contribution in [2.45, 2.75) is 13.5 Å². The Morgan fingerprint density at radius 1 is 1.15 bits per heavy atom. The summed E-state index contributed by atoms with van der Waals surface area (Å²) in [6, 6.07) is 15.5. The van der Waals surface area contributed by atoms with Crippen LogP contribution in [0.25, 0.3) is 0 Å². The number of amides is 1. The van der Waals surface area contributed by atoms with Gasteiger partial charge in [-0.1, -0.05) is 41.4 Å². The van der Waals surface area contributed by atoms with Gasteiger partial charge in [-0.2, -0.15) is 0 Å². The first-order valence-electron chi connectivity index (χ1n) is 8.03. The molecule has 0 saturated carbocycles. The van der Waals surface area contributed by atoms with Crippen LogP contribution < -0.4 is 10.6 Å². The number of anilines is 2. The predicted molar refractivity (Wildman–Crippen MR) is 101 cm³/mol. The Labute approximate surface area is 156 Å². The zero-order valence-corrected chi connectivity index (χ0v) is 14.8. The number of benzene rings is 2. The number of hydrogen-bond donors (Lipinski definition) is 2. The SMILES string of the molecule is Cc1cccc(CNC(=O)c2ccnc(Nc3ccc(F)c(Cl)c3)c2)c1. The van der Waals surface area contributed by atoms with Gasteiger partial charge < -0.3 is 10.6 Å². The summed E-state index contributed by atoms with van der Waals surface area (Å²) in [6.07, 6.45) is 1.54. The maximum Gasteiger partial charge on any atom is 0.251 e. The fraction of sp³-hybridized carbons (Fsp3) is 0.100. The molecule has 0 fully saturated rings. The summed E-state index contributed by atoms with van der Waals surface area (Å²) in [5, 5.41) is 5.91. The van der Waals surface area contributed by atoms with E-state index >= 15 is 0 Å². The number of carbonyl (C=O) groups excluding carboxylic acids is 1. The lowest BCUT2D eigenvalue weighted by Crippen LogP contribution is -2.22. The van der Waals surface area contributed by atoms with Crippen molar-refractivity contribution in [3.8, 4) is 0 Å². The van der Waals surface area contributed by atoms with Crippen molar-refractivity contribution in [2.75, 3.05) is 5.32 Å². The fourth-order valence-electron chi connectivity index (χ4n) is 2.47. The third-order valence-corrected chi connectivity index (χ3v) is 4.04. The van der Waals surface area contributed by atoms with E-state index in [0.29, 0.717) is 23.6 Å². The number of nitrogens with zero attached hydrogens (tertiary/aromatic N) is 1. The van der Waals surface area contributed by atoms with Crippen LogP contribution in [0.3, 0.4) is 0 Å². The quantitative estimate of drug-likeness (QED) is 0.675. The topological polar surface area (TPSA) is 54.0 Å². The summed E-state index contributed by atoms with van der Waals surface area (Å²) < 4.78 is 13.2. The van der Waals surface area contributed by atoms with Crippen LogP contribution in [0.1, 0.15) is 21.5 Å². The lowest BCUT2D eigenvalue weighted by molar-refractivity contribution is 0.0951. The third-order valence-electron chi connectivity index (χ3n) is 3.75. The molecule has 0 radical (unpaired) electrons. The van der Waals surface area contributed by atoms with Crippen LogP contribution in [-0.2, 0) is 6.54 Å². The Kier molecular flexibility index (Phi) is 5.49. The van der Waals surface area contributed by atoms with Crippen molar-refractivity contribution in [1.29, 1.82) is 0 Å². The van der Waals surface area contributed by atoms with E-state index in [-0.39, 0.29) is 10.9 Å². The average molecular weight is 370 g/mol. The first-order valence-corrected chi connectivity index (χ1v) is 8.41. The van der Waals surface area contributed by atoms with Crippen molar-refractivity contribution in [3.05, 3.63) is 88.3 Å². The van der Waals surface area contributed by atoms with Crippen LogP contribution in [-0.4, -0.2) is 10.9 Å². The van der Waals surface area contributed by atoms with Gasteiger partial charge in [-0.25, -0.2) is 9.37 Å². The van der Waals surface area contributed by atoms with Gasteiger partial charge in [-0.3, -0.25) is 4.79 Å². The van der Waals surface area contributed by atoms with Crippen molar-refractivity contribution in [2.24, 2.45) is 0 Å². The zero-order chi connectivity index (χ0) is 18.5. The average Bonchev–Trinajstić information content (AvgIpc) is 2.63. The molecular weight excluding hydrogens is 353 g/mol. The standard InChI is InChI=1S/C20H17ClFN3O/c1-13-3-2-4-14(9-13)12-24-20(26)15-7-8-23-19(10-15)25-16-5-6-18(22)17(21)11-16/h2-11H,12H2,1H3,(H,23,25)(H,24,26). The third kappa shape index (κ3) is 4.58. The molecule has 6 heteroatoms. The van der Waals surface area contributed by atoms with Crippen LogP contribution in [0, 0.1) is 12.7 Å². The molecule has 0 bridgehead atoms. The summed E-state index contributed by atoms with van der Waals surface area (Å²) in [7, 11) is 0. The van der Waals surface area contributed by atoms with E-state index in [2.05, 4.69) is 15.6 Å². The van der Waals surface area contributed by atoms with Gasteiger partial charge >= 0.3 is 0 Å². The molecule has 26 heavy (non-hydrogen) atoms. The smallest absolute Gasteiger partial charge is 0.251 e. The van der Waals surface area contributed by atoms with Crippen molar-refractivity contribution < 1.29 is 9.18 Å². The van der Waals surface area contributed by atoms with Gasteiger partial charge in [0, 0.05) is 24.0 Å². The summed E-state index contributed by atoms with van der Waals surface area (Å²) in [6.45, 7) is 2.45. The first kappa shape index (κ1) is 17.9. The maximum absolute atomic E-state index is 13.2. The molecule has 0 spiro atoms. The van der Waals surface area contributed by atoms with E-state index in [1.54, 1.807) is 18.2 Å². The van der Waals surface area contributed by atoms with Crippen LogP contribution in [0.5, 0.6) is 0 Å². The van der Waals surface area contributed by atoms with E-state index in [1.807, 2.05) is 31.2 Å². The molecule has 4 nitrogen and oxygen atoms in total. The van der Waals surface area contributed by atoms with Crippen molar-refractivity contribution in [1.82, 2.24) is 10.3 Å². The Hall–Kier alpha value is -2.92.